The quantitative estimate of drug-likeness (QED) is 0.469. The van der Waals surface area contributed by atoms with E-state index in [4.69, 9.17) is 5.73 Å². The van der Waals surface area contributed by atoms with E-state index in [1.807, 2.05) is 13.8 Å². The number of thioether (sulfide) groups is 1. The van der Waals surface area contributed by atoms with Crippen LogP contribution >= 0.6 is 11.8 Å². The summed E-state index contributed by atoms with van der Waals surface area (Å²) >= 11 is 1.26. The van der Waals surface area contributed by atoms with Crippen LogP contribution in [0.1, 0.15) is 13.8 Å². The lowest BCUT2D eigenvalue weighted by atomic mass is 10.0. The number of rotatable bonds is 6. The molecule has 1 aromatic rings. The molecule has 0 bridgehead atoms. The van der Waals surface area contributed by atoms with E-state index >= 15 is 0 Å². The van der Waals surface area contributed by atoms with Gasteiger partial charge in [0.05, 0.1) is 16.4 Å². The highest BCUT2D eigenvalue weighted by atomic mass is 32.2. The lowest BCUT2D eigenvalue weighted by molar-refractivity contribution is -0.387. The maximum atomic E-state index is 10.9. The summed E-state index contributed by atoms with van der Waals surface area (Å²) in [7, 11) is 0. The number of benzene rings is 1. The minimum Gasteiger partial charge on any atom is -0.395 e. The Morgan fingerprint density at radius 2 is 2.06 bits per heavy atom. The smallest absolute Gasteiger partial charge is 0.282 e. The van der Waals surface area contributed by atoms with Crippen LogP contribution in [0.15, 0.2) is 29.2 Å². The molecule has 0 fully saturated rings. The van der Waals surface area contributed by atoms with Crippen LogP contribution in [0.2, 0.25) is 0 Å². The number of aliphatic hydroxyl groups excluding tert-OH is 1. The van der Waals surface area contributed by atoms with Crippen LogP contribution in [0.5, 0.6) is 0 Å². The van der Waals surface area contributed by atoms with Gasteiger partial charge < -0.3 is 10.8 Å². The molecule has 0 saturated carbocycles. The van der Waals surface area contributed by atoms with Crippen molar-refractivity contribution in [3.05, 3.63) is 34.4 Å². The van der Waals surface area contributed by atoms with Gasteiger partial charge in [-0.1, -0.05) is 26.0 Å². The molecule has 0 amide bonds. The van der Waals surface area contributed by atoms with E-state index in [1.165, 1.54) is 17.8 Å². The first kappa shape index (κ1) is 14.9. The maximum Gasteiger partial charge on any atom is 0.282 e. The lowest BCUT2D eigenvalue weighted by Gasteiger charge is -2.24. The molecule has 5 nitrogen and oxygen atoms in total. The third-order valence-electron chi connectivity index (χ3n) is 2.72. The summed E-state index contributed by atoms with van der Waals surface area (Å²) in [6, 6.07) is 6.29. The summed E-state index contributed by atoms with van der Waals surface area (Å²) in [6.07, 6.45) is 0. The number of nitro groups is 1. The van der Waals surface area contributed by atoms with Crippen LogP contribution in [0, 0.1) is 16.0 Å². The first-order valence-corrected chi connectivity index (χ1v) is 6.61. The average Bonchev–Trinajstić information content (AvgIpc) is 2.35. The second kappa shape index (κ2) is 6.72. The Labute approximate surface area is 111 Å². The minimum absolute atomic E-state index is 0.0527. The second-order valence-electron chi connectivity index (χ2n) is 4.39. The van der Waals surface area contributed by atoms with E-state index < -0.39 is 4.92 Å². The van der Waals surface area contributed by atoms with Crippen LogP contribution in [-0.2, 0) is 0 Å². The minimum atomic E-state index is -0.419. The number of nitrogens with two attached hydrogens (primary N) is 1. The molecule has 18 heavy (non-hydrogen) atoms. The highest BCUT2D eigenvalue weighted by Gasteiger charge is 2.24. The SMILES string of the molecule is CC(C)C(N)C(CO)Sc1ccccc1[N+](=O)[O-]. The zero-order valence-corrected chi connectivity index (χ0v) is 11.3. The number of para-hydroxylation sites is 1. The monoisotopic (exact) mass is 270 g/mol. The highest BCUT2D eigenvalue weighted by molar-refractivity contribution is 8.00. The van der Waals surface area contributed by atoms with E-state index in [-0.39, 0.29) is 29.5 Å². The third-order valence-corrected chi connectivity index (χ3v) is 4.08. The maximum absolute atomic E-state index is 10.9. The van der Waals surface area contributed by atoms with Gasteiger partial charge in [-0.25, -0.2) is 0 Å². The van der Waals surface area contributed by atoms with E-state index in [0.29, 0.717) is 4.90 Å². The van der Waals surface area contributed by atoms with Crippen molar-refractivity contribution < 1.29 is 10.0 Å². The molecule has 0 spiro atoms. The first-order valence-electron chi connectivity index (χ1n) is 5.74. The van der Waals surface area contributed by atoms with Crippen molar-refractivity contribution in [3.63, 3.8) is 0 Å². The molecule has 1 aromatic carbocycles. The fourth-order valence-corrected chi connectivity index (χ4v) is 2.83. The molecule has 0 saturated heterocycles. The Kier molecular flexibility index (Phi) is 5.58. The van der Waals surface area contributed by atoms with Gasteiger partial charge in [0.25, 0.3) is 5.69 Å². The van der Waals surface area contributed by atoms with Gasteiger partial charge in [-0.15, -0.1) is 11.8 Å². The van der Waals surface area contributed by atoms with Crippen LogP contribution in [0.25, 0.3) is 0 Å². The number of nitro benzene ring substituents is 1. The molecule has 2 atom stereocenters. The molecular weight excluding hydrogens is 252 g/mol. The molecule has 3 N–H and O–H groups in total. The largest absolute Gasteiger partial charge is 0.395 e. The van der Waals surface area contributed by atoms with Crippen molar-refractivity contribution in [1.82, 2.24) is 0 Å². The lowest BCUT2D eigenvalue weighted by Crippen LogP contribution is -2.39. The van der Waals surface area contributed by atoms with Gasteiger partial charge >= 0.3 is 0 Å². The normalized spacial score (nSPS) is 14.5. The molecule has 0 radical (unpaired) electrons. The van der Waals surface area contributed by atoms with E-state index in [2.05, 4.69) is 0 Å². The molecule has 6 heteroatoms. The molecule has 2 unspecified atom stereocenters. The van der Waals surface area contributed by atoms with Gasteiger partial charge in [0.1, 0.15) is 0 Å². The number of hydrogen-bond acceptors (Lipinski definition) is 5. The number of hydrogen-bond donors (Lipinski definition) is 2. The van der Waals surface area contributed by atoms with Crippen molar-refractivity contribution >= 4 is 17.4 Å². The fraction of sp³-hybridized carbons (Fsp3) is 0.500. The van der Waals surface area contributed by atoms with Crippen molar-refractivity contribution in [1.29, 1.82) is 0 Å². The average molecular weight is 270 g/mol. The predicted molar refractivity (Wildman–Crippen MR) is 72.6 cm³/mol. The Bertz CT molecular complexity index is 412. The number of aliphatic hydroxyl groups is 1. The Morgan fingerprint density at radius 3 is 2.56 bits per heavy atom. The second-order valence-corrected chi connectivity index (χ2v) is 5.67. The molecule has 0 aliphatic heterocycles. The Balaban J connectivity index is 2.91. The summed E-state index contributed by atoms with van der Waals surface area (Å²) in [4.78, 5) is 11.0. The standard InChI is InChI=1S/C12H18N2O3S/c1-8(2)12(13)11(7-15)18-10-6-4-3-5-9(10)14(16)17/h3-6,8,11-12,15H,7,13H2,1-2H3. The van der Waals surface area contributed by atoms with Gasteiger partial charge in [-0.2, -0.15) is 0 Å². The van der Waals surface area contributed by atoms with Gasteiger partial charge in [0.2, 0.25) is 0 Å². The zero-order valence-electron chi connectivity index (χ0n) is 10.4. The van der Waals surface area contributed by atoms with Crippen molar-refractivity contribution in [3.8, 4) is 0 Å². The zero-order chi connectivity index (χ0) is 13.7. The molecule has 100 valence electrons. The van der Waals surface area contributed by atoms with Crippen molar-refractivity contribution in [2.75, 3.05) is 6.61 Å². The van der Waals surface area contributed by atoms with Crippen molar-refractivity contribution in [2.45, 2.75) is 30.0 Å². The summed E-state index contributed by atoms with van der Waals surface area (Å²) in [5, 5.41) is 20.0. The fourth-order valence-electron chi connectivity index (χ4n) is 1.54. The van der Waals surface area contributed by atoms with Gasteiger partial charge in [-0.3, -0.25) is 10.1 Å². The summed E-state index contributed by atoms with van der Waals surface area (Å²) in [5.74, 6) is 0.206. The summed E-state index contributed by atoms with van der Waals surface area (Å²) < 4.78 is 0. The predicted octanol–water partition coefficient (Wildman–Crippen LogP) is 2.03. The van der Waals surface area contributed by atoms with Crippen molar-refractivity contribution in [2.24, 2.45) is 11.7 Å². The molecular formula is C12H18N2O3S. The van der Waals surface area contributed by atoms with E-state index in [0.717, 1.165) is 0 Å². The van der Waals surface area contributed by atoms with Crippen LogP contribution in [0.4, 0.5) is 5.69 Å². The molecule has 0 aromatic heterocycles. The Hall–Kier alpha value is -1.11. The summed E-state index contributed by atoms with van der Waals surface area (Å²) in [6.45, 7) is 3.83. The Morgan fingerprint density at radius 1 is 1.44 bits per heavy atom. The molecule has 0 aliphatic carbocycles. The molecule has 1 rings (SSSR count). The third kappa shape index (κ3) is 3.69. The van der Waals surface area contributed by atoms with Crippen LogP contribution in [-0.4, -0.2) is 27.9 Å². The van der Waals surface area contributed by atoms with Gasteiger partial charge in [0.15, 0.2) is 0 Å². The number of nitrogens with zero attached hydrogens (tertiary/aromatic N) is 1. The van der Waals surface area contributed by atoms with Gasteiger partial charge in [-0.05, 0) is 12.0 Å². The van der Waals surface area contributed by atoms with E-state index in [9.17, 15) is 15.2 Å². The van der Waals surface area contributed by atoms with Crippen LogP contribution in [0.3, 0.4) is 0 Å². The molecule has 0 heterocycles. The highest BCUT2D eigenvalue weighted by Crippen LogP contribution is 2.33. The first-order chi connectivity index (χ1) is 8.47. The van der Waals surface area contributed by atoms with Crippen LogP contribution < -0.4 is 5.73 Å². The molecule has 0 aliphatic rings. The van der Waals surface area contributed by atoms with Gasteiger partial charge in [0, 0.05) is 17.4 Å². The van der Waals surface area contributed by atoms with E-state index in [1.54, 1.807) is 18.2 Å². The summed E-state index contributed by atoms with van der Waals surface area (Å²) in [5.41, 5.74) is 6.05. The topological polar surface area (TPSA) is 89.4 Å².